The smallest absolute Gasteiger partial charge is 0.320 e. The molecule has 3 atom stereocenters. The van der Waals surface area contributed by atoms with Gasteiger partial charge in [0.25, 0.3) is 0 Å². The highest BCUT2D eigenvalue weighted by molar-refractivity contribution is 5.75. The first-order valence-corrected chi connectivity index (χ1v) is 9.79. The van der Waals surface area contributed by atoms with Gasteiger partial charge in [-0.1, -0.05) is 18.2 Å². The van der Waals surface area contributed by atoms with Gasteiger partial charge in [0.05, 0.1) is 6.04 Å². The molecule has 2 fully saturated rings. The van der Waals surface area contributed by atoms with Crippen molar-refractivity contribution in [2.24, 2.45) is 11.8 Å². The molecular formula is C22H27FN4O. The first kappa shape index (κ1) is 18.9. The van der Waals surface area contributed by atoms with Gasteiger partial charge in [-0.2, -0.15) is 0 Å². The summed E-state index contributed by atoms with van der Waals surface area (Å²) in [7, 11) is 3.55. The average Bonchev–Trinajstić information content (AvgIpc) is 3.19. The van der Waals surface area contributed by atoms with Crippen LogP contribution in [-0.2, 0) is 6.54 Å². The van der Waals surface area contributed by atoms with Gasteiger partial charge in [0, 0.05) is 58.1 Å². The van der Waals surface area contributed by atoms with E-state index in [0.29, 0.717) is 18.4 Å². The second-order valence-corrected chi connectivity index (χ2v) is 8.26. The number of likely N-dealkylation sites (tertiary alicyclic amines) is 2. The van der Waals surface area contributed by atoms with Crippen LogP contribution in [0.4, 0.5) is 9.18 Å². The standard InChI is InChI=1S/C22H27FN4O/c1-15-7-8-16(10-24-15)11-26-12-18-13-27(22(28)25(2)3)21(20(18)14-26)17-5-4-6-19(23)9-17/h4-10,18,20-21H,11-14H2,1-3H3/t18-,20-,21+/m1/s1. The molecule has 2 saturated heterocycles. The summed E-state index contributed by atoms with van der Waals surface area (Å²) in [6.07, 6.45) is 1.94. The summed E-state index contributed by atoms with van der Waals surface area (Å²) in [4.78, 5) is 23.2. The van der Waals surface area contributed by atoms with Crippen molar-refractivity contribution < 1.29 is 9.18 Å². The highest BCUT2D eigenvalue weighted by Gasteiger charge is 2.49. The van der Waals surface area contributed by atoms with Gasteiger partial charge in [0.15, 0.2) is 0 Å². The van der Waals surface area contributed by atoms with Crippen molar-refractivity contribution >= 4 is 6.03 Å². The zero-order valence-corrected chi connectivity index (χ0v) is 16.7. The van der Waals surface area contributed by atoms with Crippen LogP contribution in [0.1, 0.15) is 22.9 Å². The maximum Gasteiger partial charge on any atom is 0.320 e. The minimum Gasteiger partial charge on any atom is -0.331 e. The number of carbonyl (C=O) groups is 1. The number of pyridine rings is 1. The SMILES string of the molecule is Cc1ccc(CN2C[C@@H]3CN(C(=O)N(C)C)[C@@H](c4cccc(F)c4)[C@@H]3C2)cn1. The molecule has 3 heterocycles. The van der Waals surface area contributed by atoms with Crippen LogP contribution in [0.5, 0.6) is 0 Å². The monoisotopic (exact) mass is 382 g/mol. The molecule has 148 valence electrons. The summed E-state index contributed by atoms with van der Waals surface area (Å²) in [5.41, 5.74) is 3.11. The topological polar surface area (TPSA) is 39.7 Å². The first-order chi connectivity index (χ1) is 13.4. The van der Waals surface area contributed by atoms with E-state index in [-0.39, 0.29) is 17.9 Å². The van der Waals surface area contributed by atoms with E-state index in [1.165, 1.54) is 11.6 Å². The zero-order valence-electron chi connectivity index (χ0n) is 16.7. The van der Waals surface area contributed by atoms with Crippen LogP contribution in [0.2, 0.25) is 0 Å². The van der Waals surface area contributed by atoms with E-state index in [1.807, 2.05) is 30.2 Å². The Hall–Kier alpha value is -2.47. The molecule has 2 amide bonds. The lowest BCUT2D eigenvalue weighted by molar-refractivity contribution is 0.151. The number of carbonyl (C=O) groups excluding carboxylic acids is 1. The molecule has 4 rings (SSSR count). The Morgan fingerprint density at radius 3 is 2.71 bits per heavy atom. The number of halogens is 1. The predicted molar refractivity (Wildman–Crippen MR) is 106 cm³/mol. The summed E-state index contributed by atoms with van der Waals surface area (Å²) >= 11 is 0. The summed E-state index contributed by atoms with van der Waals surface area (Å²) in [6.45, 7) is 5.41. The predicted octanol–water partition coefficient (Wildman–Crippen LogP) is 3.32. The van der Waals surface area contributed by atoms with E-state index in [9.17, 15) is 9.18 Å². The van der Waals surface area contributed by atoms with Crippen LogP contribution in [0.3, 0.4) is 0 Å². The van der Waals surface area contributed by atoms with Gasteiger partial charge < -0.3 is 9.80 Å². The van der Waals surface area contributed by atoms with Crippen LogP contribution >= 0.6 is 0 Å². The lowest BCUT2D eigenvalue weighted by Gasteiger charge is -2.32. The molecule has 0 bridgehead atoms. The van der Waals surface area contributed by atoms with Crippen molar-refractivity contribution in [3.8, 4) is 0 Å². The third-order valence-electron chi connectivity index (χ3n) is 5.94. The van der Waals surface area contributed by atoms with E-state index in [2.05, 4.69) is 16.0 Å². The van der Waals surface area contributed by atoms with Crippen molar-refractivity contribution in [3.05, 3.63) is 65.2 Å². The number of aromatic nitrogens is 1. The van der Waals surface area contributed by atoms with Gasteiger partial charge in [-0.15, -0.1) is 0 Å². The third-order valence-corrected chi connectivity index (χ3v) is 5.94. The van der Waals surface area contributed by atoms with E-state index in [0.717, 1.165) is 30.9 Å². The van der Waals surface area contributed by atoms with E-state index < -0.39 is 0 Å². The number of hydrogen-bond acceptors (Lipinski definition) is 3. The van der Waals surface area contributed by atoms with Crippen molar-refractivity contribution in [3.63, 3.8) is 0 Å². The summed E-state index contributed by atoms with van der Waals surface area (Å²) in [6, 6.07) is 10.8. The molecule has 0 aliphatic carbocycles. The summed E-state index contributed by atoms with van der Waals surface area (Å²) in [5, 5.41) is 0. The van der Waals surface area contributed by atoms with Crippen molar-refractivity contribution in [2.45, 2.75) is 19.5 Å². The number of nitrogens with zero attached hydrogens (tertiary/aromatic N) is 4. The summed E-state index contributed by atoms with van der Waals surface area (Å²) < 4.78 is 13.9. The molecule has 0 radical (unpaired) electrons. The van der Waals surface area contributed by atoms with Gasteiger partial charge in [0.2, 0.25) is 0 Å². The molecule has 0 N–H and O–H groups in total. The van der Waals surface area contributed by atoms with E-state index in [1.54, 1.807) is 31.1 Å². The molecule has 1 aromatic heterocycles. The Bertz CT molecular complexity index is 854. The number of benzene rings is 1. The first-order valence-electron chi connectivity index (χ1n) is 9.79. The fourth-order valence-electron chi connectivity index (χ4n) is 4.69. The van der Waals surface area contributed by atoms with Crippen molar-refractivity contribution in [2.75, 3.05) is 33.7 Å². The molecule has 2 aliphatic heterocycles. The quantitative estimate of drug-likeness (QED) is 0.818. The highest BCUT2D eigenvalue weighted by atomic mass is 19.1. The molecule has 2 aliphatic rings. The average molecular weight is 382 g/mol. The number of fused-ring (bicyclic) bond motifs is 1. The van der Waals surface area contributed by atoms with Gasteiger partial charge in [-0.25, -0.2) is 9.18 Å². The molecular weight excluding hydrogens is 355 g/mol. The van der Waals surface area contributed by atoms with Gasteiger partial charge in [-0.05, 0) is 42.2 Å². The molecule has 0 saturated carbocycles. The number of aryl methyl sites for hydroxylation is 1. The van der Waals surface area contributed by atoms with Crippen LogP contribution in [0.25, 0.3) is 0 Å². The Morgan fingerprint density at radius 2 is 2.04 bits per heavy atom. The van der Waals surface area contributed by atoms with E-state index >= 15 is 0 Å². The molecule has 5 nitrogen and oxygen atoms in total. The fraction of sp³-hybridized carbons (Fsp3) is 0.455. The Kier molecular flexibility index (Phi) is 5.06. The Balaban J connectivity index is 1.56. The second-order valence-electron chi connectivity index (χ2n) is 8.26. The van der Waals surface area contributed by atoms with Gasteiger partial charge >= 0.3 is 6.03 Å². The molecule has 0 unspecified atom stereocenters. The maximum atomic E-state index is 13.9. The van der Waals surface area contributed by atoms with Crippen LogP contribution < -0.4 is 0 Å². The van der Waals surface area contributed by atoms with Crippen molar-refractivity contribution in [1.29, 1.82) is 0 Å². The highest BCUT2D eigenvalue weighted by Crippen LogP contribution is 2.45. The normalized spacial score (nSPS) is 24.4. The van der Waals surface area contributed by atoms with Crippen LogP contribution in [0, 0.1) is 24.6 Å². The number of hydrogen-bond donors (Lipinski definition) is 0. The fourth-order valence-corrected chi connectivity index (χ4v) is 4.69. The Labute approximate surface area is 165 Å². The molecule has 2 aromatic rings. The van der Waals surface area contributed by atoms with Crippen LogP contribution in [0.15, 0.2) is 42.6 Å². The minimum atomic E-state index is -0.251. The second kappa shape index (κ2) is 7.51. The maximum absolute atomic E-state index is 13.9. The van der Waals surface area contributed by atoms with E-state index in [4.69, 9.17) is 0 Å². The van der Waals surface area contributed by atoms with Gasteiger partial charge in [0.1, 0.15) is 5.82 Å². The molecule has 6 heteroatoms. The Morgan fingerprint density at radius 1 is 1.21 bits per heavy atom. The minimum absolute atomic E-state index is 0.00190. The van der Waals surface area contributed by atoms with Gasteiger partial charge in [-0.3, -0.25) is 9.88 Å². The van der Waals surface area contributed by atoms with Crippen LogP contribution in [-0.4, -0.2) is 59.4 Å². The third kappa shape index (κ3) is 3.61. The lowest BCUT2D eigenvalue weighted by Crippen LogP contribution is -2.41. The largest absolute Gasteiger partial charge is 0.331 e. The molecule has 28 heavy (non-hydrogen) atoms. The molecule has 0 spiro atoms. The summed E-state index contributed by atoms with van der Waals surface area (Å²) in [5.74, 6) is 0.457. The number of amides is 2. The lowest BCUT2D eigenvalue weighted by atomic mass is 9.89. The molecule has 1 aromatic carbocycles. The zero-order chi connectivity index (χ0) is 19.8. The number of urea groups is 1. The number of rotatable bonds is 3. The van der Waals surface area contributed by atoms with Crippen molar-refractivity contribution in [1.82, 2.24) is 19.7 Å².